The van der Waals surface area contributed by atoms with Crippen LogP contribution in [-0.2, 0) is 10.4 Å². The summed E-state index contributed by atoms with van der Waals surface area (Å²) in [4.78, 5) is 26.9. The molecule has 2 N–H and O–H groups in total. The van der Waals surface area contributed by atoms with E-state index in [-0.39, 0.29) is 36.7 Å². The molecule has 8 nitrogen and oxygen atoms in total. The van der Waals surface area contributed by atoms with Crippen molar-refractivity contribution in [1.82, 2.24) is 14.8 Å². The second-order valence-electron chi connectivity index (χ2n) is 10.9. The number of halogens is 3. The number of benzene rings is 2. The number of oxime groups is 1. The Balaban J connectivity index is 1.55. The molecule has 1 atom stereocenters. The minimum absolute atomic E-state index is 0.0125. The van der Waals surface area contributed by atoms with E-state index in [4.69, 9.17) is 39.6 Å². The summed E-state index contributed by atoms with van der Waals surface area (Å²) in [5, 5.41) is 26.1. The number of carbonyl (C=O) groups excluding carboxylic acids is 1. The maximum atomic E-state index is 13.4. The number of likely N-dealkylation sites (tertiary alicyclic amines) is 1. The Morgan fingerprint density at radius 1 is 1.09 bits per heavy atom. The average Bonchev–Trinajstić information content (AvgIpc) is 2.99. The predicted octanol–water partition coefficient (Wildman–Crippen LogP) is 5.94. The van der Waals surface area contributed by atoms with Crippen LogP contribution in [0.2, 0.25) is 15.2 Å². The number of aliphatic hydroxyl groups is 2. The van der Waals surface area contributed by atoms with E-state index in [9.17, 15) is 15.0 Å². The Labute approximate surface area is 267 Å². The second-order valence-corrected chi connectivity index (χ2v) is 12.1. The number of hydrogen-bond acceptors (Lipinski definition) is 7. The summed E-state index contributed by atoms with van der Waals surface area (Å²) in [6.07, 6.45) is 1.89. The molecule has 2 aromatic carbocycles. The van der Waals surface area contributed by atoms with Crippen molar-refractivity contribution in [3.63, 3.8) is 0 Å². The molecule has 1 aromatic heterocycles. The van der Waals surface area contributed by atoms with Gasteiger partial charge in [-0.1, -0.05) is 76.4 Å². The minimum Gasteiger partial charge on any atom is -0.393 e. The van der Waals surface area contributed by atoms with Crippen LogP contribution in [0.15, 0.2) is 65.8 Å². The molecular weight excluding hydrogens is 611 g/mol. The number of nitrogens with zero attached hydrogens (tertiary/aromatic N) is 4. The van der Waals surface area contributed by atoms with Gasteiger partial charge in [0.05, 0.1) is 34.5 Å². The SMILES string of the molecule is Cc1cc(C(=O)N(C)CC(=NOCCO)C(CCN2CCC(O)(c3ccccc3)CC2)c2ccc(Cl)c(Cl)c2)cc(Cl)n1. The topological polar surface area (TPSA) is 98.5 Å². The van der Waals surface area contributed by atoms with Gasteiger partial charge in [0.25, 0.3) is 5.91 Å². The molecule has 1 amide bonds. The molecule has 230 valence electrons. The zero-order valence-corrected chi connectivity index (χ0v) is 26.6. The Morgan fingerprint density at radius 2 is 1.81 bits per heavy atom. The highest BCUT2D eigenvalue weighted by atomic mass is 35.5. The van der Waals surface area contributed by atoms with E-state index in [0.717, 1.165) is 24.2 Å². The predicted molar refractivity (Wildman–Crippen MR) is 171 cm³/mol. The molecule has 43 heavy (non-hydrogen) atoms. The van der Waals surface area contributed by atoms with Crippen molar-refractivity contribution in [3.05, 3.63) is 98.2 Å². The molecule has 1 fully saturated rings. The summed E-state index contributed by atoms with van der Waals surface area (Å²) in [5.74, 6) is -0.521. The first-order chi connectivity index (χ1) is 20.6. The van der Waals surface area contributed by atoms with Gasteiger partial charge >= 0.3 is 0 Å². The van der Waals surface area contributed by atoms with Crippen LogP contribution >= 0.6 is 34.8 Å². The lowest BCUT2D eigenvalue weighted by molar-refractivity contribution is -0.0261. The molecule has 0 bridgehead atoms. The van der Waals surface area contributed by atoms with Crippen molar-refractivity contribution in [3.8, 4) is 0 Å². The van der Waals surface area contributed by atoms with Gasteiger partial charge in [-0.15, -0.1) is 0 Å². The van der Waals surface area contributed by atoms with E-state index in [1.54, 1.807) is 31.0 Å². The average molecular weight is 648 g/mol. The molecular formula is C32H37Cl3N4O4. The van der Waals surface area contributed by atoms with Gasteiger partial charge in [-0.3, -0.25) is 4.79 Å². The van der Waals surface area contributed by atoms with Gasteiger partial charge in [-0.2, -0.15) is 0 Å². The smallest absolute Gasteiger partial charge is 0.254 e. The summed E-state index contributed by atoms with van der Waals surface area (Å²) in [6.45, 7) is 3.92. The fourth-order valence-electron chi connectivity index (χ4n) is 5.41. The van der Waals surface area contributed by atoms with Gasteiger partial charge in [0.2, 0.25) is 0 Å². The number of piperidine rings is 1. The number of aryl methyl sites for hydroxylation is 1. The summed E-state index contributed by atoms with van der Waals surface area (Å²) in [6, 6.07) is 18.5. The summed E-state index contributed by atoms with van der Waals surface area (Å²) >= 11 is 18.8. The Morgan fingerprint density at radius 3 is 2.47 bits per heavy atom. The number of hydrogen-bond donors (Lipinski definition) is 2. The number of carbonyl (C=O) groups is 1. The van der Waals surface area contributed by atoms with E-state index in [0.29, 0.717) is 52.8 Å². The maximum absolute atomic E-state index is 13.4. The number of aromatic nitrogens is 1. The molecule has 2 heterocycles. The van der Waals surface area contributed by atoms with Crippen molar-refractivity contribution >= 4 is 46.4 Å². The van der Waals surface area contributed by atoms with Crippen LogP contribution in [0.25, 0.3) is 0 Å². The van der Waals surface area contributed by atoms with Crippen LogP contribution in [-0.4, -0.2) is 83.1 Å². The third-order valence-electron chi connectivity index (χ3n) is 7.76. The van der Waals surface area contributed by atoms with Crippen LogP contribution in [0, 0.1) is 6.92 Å². The number of amides is 1. The van der Waals surface area contributed by atoms with Crippen molar-refractivity contribution in [1.29, 1.82) is 0 Å². The third-order valence-corrected chi connectivity index (χ3v) is 8.69. The Hall–Kier alpha value is -2.72. The van der Waals surface area contributed by atoms with E-state index >= 15 is 0 Å². The molecule has 1 saturated heterocycles. The first kappa shape index (κ1) is 33.2. The van der Waals surface area contributed by atoms with Gasteiger partial charge in [-0.05, 0) is 68.1 Å². The lowest BCUT2D eigenvalue weighted by Crippen LogP contribution is -2.43. The number of rotatable bonds is 12. The monoisotopic (exact) mass is 646 g/mol. The standard InChI is InChI=1S/C32H37Cl3N4O4/c1-22-18-24(20-30(35)36-22)31(41)38(2)21-29(37-43-17-16-40)26(23-8-9-27(33)28(34)19-23)10-13-39-14-11-32(42,12-15-39)25-6-4-3-5-7-25/h3-9,18-20,26,40,42H,10-17,21H2,1-2H3. The van der Waals surface area contributed by atoms with E-state index < -0.39 is 5.60 Å². The van der Waals surface area contributed by atoms with Crippen LogP contribution < -0.4 is 0 Å². The molecule has 1 aliphatic heterocycles. The van der Waals surface area contributed by atoms with Gasteiger partial charge in [0.1, 0.15) is 11.8 Å². The lowest BCUT2D eigenvalue weighted by atomic mass is 9.84. The first-order valence-corrected chi connectivity index (χ1v) is 15.4. The van der Waals surface area contributed by atoms with Crippen molar-refractivity contribution < 1.29 is 19.8 Å². The molecule has 1 aliphatic rings. The van der Waals surface area contributed by atoms with Gasteiger partial charge in [-0.25, -0.2) is 4.98 Å². The fourth-order valence-corrected chi connectivity index (χ4v) is 5.97. The lowest BCUT2D eigenvalue weighted by Gasteiger charge is -2.39. The van der Waals surface area contributed by atoms with E-state index in [1.807, 2.05) is 42.5 Å². The number of aliphatic hydroxyl groups excluding tert-OH is 1. The van der Waals surface area contributed by atoms with Crippen molar-refractivity contribution in [2.75, 3.05) is 46.4 Å². The third kappa shape index (κ3) is 8.91. The fraction of sp³-hybridized carbons (Fsp3) is 0.406. The largest absolute Gasteiger partial charge is 0.393 e. The van der Waals surface area contributed by atoms with Crippen LogP contribution in [0.1, 0.15) is 52.4 Å². The normalized spacial score (nSPS) is 16.1. The Kier molecular flexibility index (Phi) is 11.8. The van der Waals surface area contributed by atoms with Gasteiger partial charge in [0, 0.05) is 37.3 Å². The molecule has 0 spiro atoms. The molecule has 0 saturated carbocycles. The molecule has 1 unspecified atom stereocenters. The van der Waals surface area contributed by atoms with Gasteiger partial charge < -0.3 is 24.9 Å². The summed E-state index contributed by atoms with van der Waals surface area (Å²) < 4.78 is 0. The van der Waals surface area contributed by atoms with Crippen molar-refractivity contribution in [2.24, 2.45) is 5.16 Å². The van der Waals surface area contributed by atoms with Crippen LogP contribution in [0.3, 0.4) is 0 Å². The summed E-state index contributed by atoms with van der Waals surface area (Å²) in [5.41, 5.74) is 2.62. The van der Waals surface area contributed by atoms with Crippen LogP contribution in [0.5, 0.6) is 0 Å². The first-order valence-electron chi connectivity index (χ1n) is 14.2. The molecule has 3 aromatic rings. The molecule has 11 heteroatoms. The molecule has 0 radical (unpaired) electrons. The quantitative estimate of drug-likeness (QED) is 0.109. The highest BCUT2D eigenvalue weighted by Crippen LogP contribution is 2.34. The van der Waals surface area contributed by atoms with E-state index in [1.165, 1.54) is 6.07 Å². The highest BCUT2D eigenvalue weighted by Gasteiger charge is 2.34. The molecule has 0 aliphatic carbocycles. The van der Waals surface area contributed by atoms with Crippen molar-refractivity contribution in [2.45, 2.75) is 37.7 Å². The maximum Gasteiger partial charge on any atom is 0.254 e. The van der Waals surface area contributed by atoms with Gasteiger partial charge in [0.15, 0.2) is 0 Å². The summed E-state index contributed by atoms with van der Waals surface area (Å²) in [7, 11) is 1.69. The minimum atomic E-state index is -0.844. The zero-order chi connectivity index (χ0) is 31.0. The van der Waals surface area contributed by atoms with Crippen LogP contribution in [0.4, 0.5) is 0 Å². The molecule has 4 rings (SSSR count). The highest BCUT2D eigenvalue weighted by molar-refractivity contribution is 6.42. The zero-order valence-electron chi connectivity index (χ0n) is 24.3. The van der Waals surface area contributed by atoms with E-state index in [2.05, 4.69) is 15.0 Å². The number of pyridine rings is 1. The second kappa shape index (κ2) is 15.3. The Bertz CT molecular complexity index is 1390.